The van der Waals surface area contributed by atoms with Crippen molar-refractivity contribution >= 4 is 11.8 Å². The van der Waals surface area contributed by atoms with Crippen molar-refractivity contribution in [3.63, 3.8) is 0 Å². The van der Waals surface area contributed by atoms with E-state index in [1.165, 1.54) is 33.5 Å². The number of benzene rings is 1. The molecule has 0 spiro atoms. The minimum absolute atomic E-state index is 0.0157. The Balaban J connectivity index is 2.40. The van der Waals surface area contributed by atoms with Crippen LogP contribution in [0.2, 0.25) is 0 Å². The van der Waals surface area contributed by atoms with Gasteiger partial charge in [-0.15, -0.1) is 0 Å². The Bertz CT molecular complexity index is 671. The fourth-order valence-corrected chi connectivity index (χ4v) is 1.87. The predicted octanol–water partition coefficient (Wildman–Crippen LogP) is 2.31. The van der Waals surface area contributed by atoms with Crippen LogP contribution in [0.25, 0.3) is 0 Å². The summed E-state index contributed by atoms with van der Waals surface area (Å²) in [5.74, 6) is -0.346. The molecule has 0 saturated heterocycles. The molecule has 0 aliphatic heterocycles. The van der Waals surface area contributed by atoms with Crippen LogP contribution in [0, 0.1) is 0 Å². The number of esters is 1. The summed E-state index contributed by atoms with van der Waals surface area (Å²) in [6, 6.07) is 7.72. The molecule has 21 heavy (non-hydrogen) atoms. The Kier molecular flexibility index (Phi) is 4.27. The average Bonchev–Trinajstić information content (AvgIpc) is 3.02. The van der Waals surface area contributed by atoms with E-state index in [0.29, 0.717) is 11.5 Å². The van der Waals surface area contributed by atoms with Gasteiger partial charge in [0, 0.05) is 0 Å². The largest absolute Gasteiger partial charge is 0.493 e. The van der Waals surface area contributed by atoms with Crippen LogP contribution < -0.4 is 9.47 Å². The number of furan rings is 1. The van der Waals surface area contributed by atoms with E-state index in [-0.39, 0.29) is 17.1 Å². The van der Waals surface area contributed by atoms with Crippen LogP contribution in [0.3, 0.4) is 0 Å². The second-order valence-corrected chi connectivity index (χ2v) is 4.03. The molecule has 110 valence electrons. The van der Waals surface area contributed by atoms with Crippen molar-refractivity contribution in [1.82, 2.24) is 0 Å². The minimum Gasteiger partial charge on any atom is -0.493 e. The molecular weight excluding hydrogens is 276 g/mol. The second kappa shape index (κ2) is 6.13. The standard InChI is InChI=1S/C15H14O6/c1-18-11-6-4-5-9(14(11)19-2)13(16)10-7-8-12(21-10)15(17)20-3/h4-8H,1-3H3. The maximum absolute atomic E-state index is 12.4. The first-order valence-corrected chi connectivity index (χ1v) is 6.06. The molecule has 0 bridgehead atoms. The van der Waals surface area contributed by atoms with E-state index in [9.17, 15) is 9.59 Å². The number of carbonyl (C=O) groups is 2. The number of para-hydroxylation sites is 1. The van der Waals surface area contributed by atoms with Crippen molar-refractivity contribution < 1.29 is 28.2 Å². The molecule has 2 aromatic rings. The molecule has 1 aromatic heterocycles. The molecular formula is C15H14O6. The van der Waals surface area contributed by atoms with Gasteiger partial charge in [0.05, 0.1) is 26.9 Å². The minimum atomic E-state index is -0.647. The lowest BCUT2D eigenvalue weighted by Crippen LogP contribution is -2.04. The Morgan fingerprint density at radius 2 is 1.67 bits per heavy atom. The van der Waals surface area contributed by atoms with Crippen LogP contribution in [0.5, 0.6) is 11.5 Å². The van der Waals surface area contributed by atoms with Crippen molar-refractivity contribution in [3.05, 3.63) is 47.4 Å². The van der Waals surface area contributed by atoms with E-state index in [4.69, 9.17) is 13.9 Å². The Morgan fingerprint density at radius 3 is 2.29 bits per heavy atom. The summed E-state index contributed by atoms with van der Waals surface area (Å²) >= 11 is 0. The number of ketones is 1. The van der Waals surface area contributed by atoms with Gasteiger partial charge in [0.1, 0.15) is 0 Å². The summed E-state index contributed by atoms with van der Waals surface area (Å²) in [6.45, 7) is 0. The zero-order valence-electron chi connectivity index (χ0n) is 11.8. The molecule has 0 atom stereocenters. The highest BCUT2D eigenvalue weighted by Crippen LogP contribution is 2.32. The van der Waals surface area contributed by atoms with Gasteiger partial charge in [-0.2, -0.15) is 0 Å². The van der Waals surface area contributed by atoms with Crippen molar-refractivity contribution in [3.8, 4) is 11.5 Å². The zero-order valence-corrected chi connectivity index (χ0v) is 11.8. The molecule has 1 aromatic carbocycles. The Hall–Kier alpha value is -2.76. The summed E-state index contributed by atoms with van der Waals surface area (Å²) in [5, 5.41) is 0. The van der Waals surface area contributed by atoms with Crippen LogP contribution in [-0.2, 0) is 4.74 Å². The van der Waals surface area contributed by atoms with Gasteiger partial charge < -0.3 is 18.6 Å². The van der Waals surface area contributed by atoms with Gasteiger partial charge in [-0.1, -0.05) is 6.07 Å². The Morgan fingerprint density at radius 1 is 0.952 bits per heavy atom. The smallest absolute Gasteiger partial charge is 0.373 e. The van der Waals surface area contributed by atoms with Gasteiger partial charge in [-0.05, 0) is 24.3 Å². The highest BCUT2D eigenvalue weighted by molar-refractivity contribution is 6.09. The zero-order chi connectivity index (χ0) is 15.4. The molecule has 0 fully saturated rings. The van der Waals surface area contributed by atoms with E-state index in [1.807, 2.05) is 0 Å². The molecule has 6 heteroatoms. The molecule has 0 saturated carbocycles. The van der Waals surface area contributed by atoms with Gasteiger partial charge in [-0.25, -0.2) is 4.79 Å². The summed E-state index contributed by atoms with van der Waals surface area (Å²) in [7, 11) is 4.16. The molecule has 1 heterocycles. The summed E-state index contributed by atoms with van der Waals surface area (Å²) in [4.78, 5) is 23.8. The number of hydrogen-bond donors (Lipinski definition) is 0. The van der Waals surface area contributed by atoms with Crippen molar-refractivity contribution in [2.45, 2.75) is 0 Å². The van der Waals surface area contributed by atoms with Crippen LogP contribution in [-0.4, -0.2) is 33.1 Å². The van der Waals surface area contributed by atoms with E-state index in [0.717, 1.165) is 0 Å². The molecule has 0 radical (unpaired) electrons. The molecule has 2 rings (SSSR count). The monoisotopic (exact) mass is 290 g/mol. The van der Waals surface area contributed by atoms with Gasteiger partial charge in [-0.3, -0.25) is 4.79 Å². The predicted molar refractivity (Wildman–Crippen MR) is 73.0 cm³/mol. The first-order chi connectivity index (χ1) is 10.1. The SMILES string of the molecule is COC(=O)c1ccc(C(=O)c2cccc(OC)c2OC)o1. The third-order valence-corrected chi connectivity index (χ3v) is 2.86. The molecule has 0 aliphatic carbocycles. The normalized spacial score (nSPS) is 10.0. The number of rotatable bonds is 5. The van der Waals surface area contributed by atoms with E-state index >= 15 is 0 Å². The van der Waals surface area contributed by atoms with E-state index in [2.05, 4.69) is 4.74 Å². The van der Waals surface area contributed by atoms with Gasteiger partial charge in [0.2, 0.25) is 11.5 Å². The number of ether oxygens (including phenoxy) is 3. The maximum atomic E-state index is 12.4. The van der Waals surface area contributed by atoms with Crippen molar-refractivity contribution in [1.29, 1.82) is 0 Å². The van der Waals surface area contributed by atoms with Gasteiger partial charge in [0.25, 0.3) is 0 Å². The van der Waals surface area contributed by atoms with E-state index in [1.54, 1.807) is 18.2 Å². The first kappa shape index (κ1) is 14.6. The summed E-state index contributed by atoms with van der Waals surface area (Å²) < 4.78 is 20.1. The van der Waals surface area contributed by atoms with E-state index < -0.39 is 11.8 Å². The first-order valence-electron chi connectivity index (χ1n) is 6.06. The fraction of sp³-hybridized carbons (Fsp3) is 0.200. The summed E-state index contributed by atoms with van der Waals surface area (Å²) in [6.07, 6.45) is 0. The number of carbonyl (C=O) groups excluding carboxylic acids is 2. The maximum Gasteiger partial charge on any atom is 0.373 e. The third-order valence-electron chi connectivity index (χ3n) is 2.86. The van der Waals surface area contributed by atoms with Crippen LogP contribution >= 0.6 is 0 Å². The lowest BCUT2D eigenvalue weighted by atomic mass is 10.1. The van der Waals surface area contributed by atoms with Gasteiger partial charge >= 0.3 is 5.97 Å². The molecule has 0 aliphatic rings. The quantitative estimate of drug-likeness (QED) is 0.621. The highest BCUT2D eigenvalue weighted by atomic mass is 16.5. The number of hydrogen-bond acceptors (Lipinski definition) is 6. The molecule has 0 amide bonds. The number of methoxy groups -OCH3 is 3. The van der Waals surface area contributed by atoms with Crippen molar-refractivity contribution in [2.75, 3.05) is 21.3 Å². The fourth-order valence-electron chi connectivity index (χ4n) is 1.87. The lowest BCUT2D eigenvalue weighted by molar-refractivity contribution is 0.0563. The average molecular weight is 290 g/mol. The second-order valence-electron chi connectivity index (χ2n) is 4.03. The van der Waals surface area contributed by atoms with Crippen LogP contribution in [0.15, 0.2) is 34.7 Å². The third kappa shape index (κ3) is 2.74. The highest BCUT2D eigenvalue weighted by Gasteiger charge is 2.22. The molecule has 0 unspecified atom stereocenters. The lowest BCUT2D eigenvalue weighted by Gasteiger charge is -2.10. The summed E-state index contributed by atoms with van der Waals surface area (Å²) in [5.41, 5.74) is 0.280. The Labute approximate surface area is 121 Å². The van der Waals surface area contributed by atoms with Gasteiger partial charge in [0.15, 0.2) is 17.3 Å². The van der Waals surface area contributed by atoms with Crippen LogP contribution in [0.4, 0.5) is 0 Å². The van der Waals surface area contributed by atoms with Crippen LogP contribution in [0.1, 0.15) is 26.7 Å². The molecule has 6 nitrogen and oxygen atoms in total. The van der Waals surface area contributed by atoms with Crippen molar-refractivity contribution in [2.24, 2.45) is 0 Å². The molecule has 0 N–H and O–H groups in total. The topological polar surface area (TPSA) is 75.0 Å².